The van der Waals surface area contributed by atoms with Crippen molar-refractivity contribution >= 4 is 65.1 Å². The molecule has 21 heteroatoms. The van der Waals surface area contributed by atoms with Gasteiger partial charge in [-0.15, -0.1) is 0 Å². The van der Waals surface area contributed by atoms with Crippen LogP contribution in [0.1, 0.15) is 102 Å². The molecule has 4 bridgehead atoms. The van der Waals surface area contributed by atoms with Crippen molar-refractivity contribution in [1.29, 1.82) is 0 Å². The summed E-state index contributed by atoms with van der Waals surface area (Å²) in [7, 11) is 2.34. The summed E-state index contributed by atoms with van der Waals surface area (Å²) in [5, 5.41) is 22.8. The molecular weight excluding hydrogens is 1000 g/mol. The van der Waals surface area contributed by atoms with Gasteiger partial charge in [0.25, 0.3) is 17.4 Å². The van der Waals surface area contributed by atoms with Gasteiger partial charge in [-0.1, -0.05) is 41.9 Å². The largest absolute Gasteiger partial charge is 0.593 e. The zero-order chi connectivity index (χ0) is 56.2. The number of carbonyl (C=O) groups excluding carboxylic acids is 9. The van der Waals surface area contributed by atoms with Gasteiger partial charge in [0.2, 0.25) is 23.6 Å². The highest BCUT2D eigenvalue weighted by Gasteiger charge is 2.37. The lowest BCUT2D eigenvalue weighted by atomic mass is 9.93. The van der Waals surface area contributed by atoms with E-state index < -0.39 is 94.9 Å². The van der Waals surface area contributed by atoms with Crippen LogP contribution < -0.4 is 31.3 Å². The van der Waals surface area contributed by atoms with Gasteiger partial charge in [-0.2, -0.15) is 0 Å². The van der Waals surface area contributed by atoms with E-state index in [0.29, 0.717) is 17.0 Å². The summed E-state index contributed by atoms with van der Waals surface area (Å²) >= 11 is 6.09. The van der Waals surface area contributed by atoms with Crippen molar-refractivity contribution < 1.29 is 67.2 Å². The van der Waals surface area contributed by atoms with E-state index in [9.17, 15) is 38.4 Å². The van der Waals surface area contributed by atoms with Gasteiger partial charge in [0, 0.05) is 42.2 Å². The summed E-state index contributed by atoms with van der Waals surface area (Å²) in [5.41, 5.74) is 0.872. The van der Waals surface area contributed by atoms with Crippen LogP contribution >= 0.6 is 11.6 Å². The zero-order valence-corrected chi connectivity index (χ0v) is 44.9. The molecule has 5 atom stereocenters. The number of amides is 6. The molecule has 0 radical (unpaired) electrons. The minimum Gasteiger partial charge on any atom is -0.593 e. The Morgan fingerprint density at radius 3 is 2.04 bits per heavy atom. The molecule has 76 heavy (non-hydrogen) atoms. The second-order valence-corrected chi connectivity index (χ2v) is 20.6. The third-order valence-electron chi connectivity index (χ3n) is 11.7. The Morgan fingerprint density at radius 1 is 0.789 bits per heavy atom. The quantitative estimate of drug-likeness (QED) is 0.0221. The summed E-state index contributed by atoms with van der Waals surface area (Å²) in [6, 6.07) is 15.5. The maximum atomic E-state index is 15.1. The summed E-state index contributed by atoms with van der Waals surface area (Å²) in [4.78, 5) is 123. The molecule has 20 nitrogen and oxygen atoms in total. The van der Waals surface area contributed by atoms with Gasteiger partial charge in [0.05, 0.1) is 18.7 Å². The molecule has 0 unspecified atom stereocenters. The van der Waals surface area contributed by atoms with Gasteiger partial charge in [-0.25, -0.2) is 14.4 Å². The number of fused-ring (bicyclic) bond motifs is 5. The highest BCUT2D eigenvalue weighted by Crippen LogP contribution is 2.40. The van der Waals surface area contributed by atoms with Gasteiger partial charge in [0.15, 0.2) is 0 Å². The van der Waals surface area contributed by atoms with Gasteiger partial charge >= 0.3 is 18.2 Å². The number of hydrogen-bond acceptors (Lipinski definition) is 13. The average molecular weight is 1070 g/mol. The molecule has 6 amide bonds. The number of methoxy groups -OCH3 is 1. The molecule has 0 aliphatic carbocycles. The molecule has 4 aromatic carbocycles. The number of unbranched alkanes of at least 4 members (excludes halogenated alkanes) is 1. The number of hydrogen-bond donors (Lipinski definition) is 5. The van der Waals surface area contributed by atoms with E-state index in [1.165, 1.54) is 57.3 Å². The van der Waals surface area contributed by atoms with Crippen LogP contribution in [-0.4, -0.2) is 120 Å². The van der Waals surface area contributed by atoms with Gasteiger partial charge < -0.3 is 55.5 Å². The molecule has 0 saturated heterocycles. The van der Waals surface area contributed by atoms with E-state index in [4.69, 9.17) is 30.9 Å². The molecule has 0 saturated carbocycles. The monoisotopic (exact) mass is 1070 g/mol. The molecule has 0 spiro atoms. The standard InChI is InChI=1S/C55H65ClN6O14/c1-30(45(64)51(70)73-10)58-48(67)41-28-32-14-24-42(63)38(27-32)39-29-36(21-25-43(39)74-53(72)76-55(6,7)8)44(49(68)59-31(2)46(65)61-41)62(9)50(69)40(13-11-12-26-57-52(71)75-54(3,4)5)60-47(66)35-17-15-33(16-18-35)34-19-22-37(56)23-20-34/h14-25,27,29-31,40-41,44,63H,11-13,26,28H2,1-10H3,(H,57,71)(H,58,67)(H,59,68)(H,60,66)(H,61,65)/p+1/t30-,31-,40-,41-,44-/m0/s1. The Balaban J connectivity index is 1.58. The van der Waals surface area contributed by atoms with Crippen molar-refractivity contribution in [2.24, 2.45) is 0 Å². The first-order chi connectivity index (χ1) is 35.6. The Hall–Kier alpha value is -8.00. The average Bonchev–Trinajstić information content (AvgIpc) is 3.34. The fraction of sp³-hybridized carbons (Fsp3) is 0.400. The number of likely N-dealkylation sites (N-methyl/N-ethyl adjacent to an activating group) is 1. The van der Waals surface area contributed by atoms with Crippen molar-refractivity contribution in [3.05, 3.63) is 107 Å². The maximum absolute atomic E-state index is 15.1. The summed E-state index contributed by atoms with van der Waals surface area (Å²) in [6.07, 6.45) is -1.29. The van der Waals surface area contributed by atoms with Crippen molar-refractivity contribution in [3.8, 4) is 33.8 Å². The highest BCUT2D eigenvalue weighted by atomic mass is 35.5. The van der Waals surface area contributed by atoms with Crippen molar-refractivity contribution in [1.82, 2.24) is 31.5 Å². The lowest BCUT2D eigenvalue weighted by Crippen LogP contribution is -2.57. The van der Waals surface area contributed by atoms with E-state index in [1.54, 1.807) is 77.9 Å². The van der Waals surface area contributed by atoms with Gasteiger partial charge in [0.1, 0.15) is 41.1 Å². The number of rotatable bonds is 15. The number of ether oxygens (including phenoxy) is 4. The first kappa shape index (κ1) is 58.9. The zero-order valence-electron chi connectivity index (χ0n) is 44.1. The molecule has 0 aromatic heterocycles. The molecule has 1 aliphatic heterocycles. The van der Waals surface area contributed by atoms with Crippen molar-refractivity contribution in [2.45, 2.75) is 122 Å². The van der Waals surface area contributed by atoms with Crippen LogP contribution in [0.2, 0.25) is 5.02 Å². The number of ketones is 1. The van der Waals surface area contributed by atoms with Crippen LogP contribution in [-0.2, 0) is 49.4 Å². The Labute approximate surface area is 445 Å². The fourth-order valence-corrected chi connectivity index (χ4v) is 8.06. The number of benzene rings is 4. The number of alkyl carbamates (subject to hydrolysis) is 1. The molecule has 5 rings (SSSR count). The molecular formula is C55H66ClN6O14+. The molecule has 1 heterocycles. The van der Waals surface area contributed by atoms with Gasteiger partial charge in [-0.3, -0.25) is 28.8 Å². The van der Waals surface area contributed by atoms with Gasteiger partial charge in [-0.05, 0) is 145 Å². The molecule has 406 valence electrons. The topological polar surface area (TPSA) is 277 Å². The predicted octanol–water partition coefficient (Wildman–Crippen LogP) is 6.21. The predicted molar refractivity (Wildman–Crippen MR) is 281 cm³/mol. The van der Waals surface area contributed by atoms with Crippen molar-refractivity contribution in [3.63, 3.8) is 0 Å². The minimum absolute atomic E-state index is 0.0249. The summed E-state index contributed by atoms with van der Waals surface area (Å²) in [5.74, 6) is -6.47. The first-order valence-corrected chi connectivity index (χ1v) is 24.9. The van der Waals surface area contributed by atoms with Crippen molar-refractivity contribution in [2.75, 3.05) is 20.7 Å². The second-order valence-electron chi connectivity index (χ2n) is 20.2. The van der Waals surface area contributed by atoms with Crippen LogP contribution in [0.25, 0.3) is 22.3 Å². The Morgan fingerprint density at radius 2 is 1.42 bits per heavy atom. The maximum Gasteiger partial charge on any atom is 0.514 e. The third-order valence-corrected chi connectivity index (χ3v) is 12.0. The summed E-state index contributed by atoms with van der Waals surface area (Å²) < 4.78 is 21.0. The molecule has 7 N–H and O–H groups in total. The van der Waals surface area contributed by atoms with Crippen LogP contribution in [0.5, 0.6) is 11.5 Å². The van der Waals surface area contributed by atoms with Crippen LogP contribution in [0.3, 0.4) is 0 Å². The second kappa shape index (κ2) is 25.5. The van der Waals surface area contributed by atoms with Crippen LogP contribution in [0.15, 0.2) is 84.9 Å². The first-order valence-electron chi connectivity index (χ1n) is 24.5. The minimum atomic E-state index is -1.59. The Kier molecular flexibility index (Phi) is 19.8. The number of nitrogens with zero attached hydrogens (tertiary/aromatic N) is 1. The van der Waals surface area contributed by atoms with E-state index in [0.717, 1.165) is 23.1 Å². The molecule has 0 fully saturated rings. The SMILES string of the molecule is COC(=O)C(=O)[C@H](C)NC(=O)[C@@H]1Cc2ccc([OH2+])c(c2)-c2cc(ccc2OC(=O)OC(C)(C)C)[C@H](N(C)C(=O)[C@H](CCCCNC(=O)OC(C)(C)C)NC(=O)c2ccc(-c3ccc(Cl)cc3)cc2)C(=O)N[C@@H](C)C(=O)N1. The van der Waals surface area contributed by atoms with E-state index >= 15 is 4.79 Å². The highest BCUT2D eigenvalue weighted by molar-refractivity contribution is 6.36. The Bertz CT molecular complexity index is 2830. The molecule has 4 aromatic rings. The van der Waals surface area contributed by atoms with E-state index in [1.807, 2.05) is 12.1 Å². The van der Waals surface area contributed by atoms with E-state index in [2.05, 4.69) is 31.3 Å². The lowest BCUT2D eigenvalue weighted by molar-refractivity contribution is -0.152. The normalized spacial score (nSPS) is 16.4. The number of nitrogens with one attached hydrogen (secondary N) is 5. The third kappa shape index (κ3) is 16.5. The lowest BCUT2D eigenvalue weighted by Gasteiger charge is -2.32. The number of halogens is 1. The molecule has 1 aliphatic rings. The number of Topliss-reactive ketones (excluding diaryl/α,β-unsaturated/α-hetero) is 1. The number of esters is 1. The summed E-state index contributed by atoms with van der Waals surface area (Å²) in [6.45, 7) is 12.9. The van der Waals surface area contributed by atoms with E-state index in [-0.39, 0.29) is 59.6 Å². The van der Waals surface area contributed by atoms with Crippen LogP contribution in [0, 0.1) is 0 Å². The fourth-order valence-electron chi connectivity index (χ4n) is 7.93. The van der Waals surface area contributed by atoms with Crippen LogP contribution in [0.4, 0.5) is 9.59 Å². The smallest absolute Gasteiger partial charge is 0.514 e. The number of carbonyl (C=O) groups is 9.